The second kappa shape index (κ2) is 15.0. The maximum Gasteiger partial charge on any atom is 0.261 e. The standard InChI is InChI=1S/C34H36Cl2N2O3/c1-3-25-9-5-7-11-31(25)37-21-23-40-34(28-15-19-30(36)20-16-28,33(39)27-13-17-29(35)18-14-27)41-24-22-38-32-12-8-6-10-26(32)4-2/h5-20,37-38H,3-4,21-24H2,1-2H3. The molecule has 0 saturated carbocycles. The van der Waals surface area contributed by atoms with Gasteiger partial charge in [-0.1, -0.05) is 85.6 Å². The smallest absolute Gasteiger partial charge is 0.261 e. The predicted octanol–water partition coefficient (Wildman–Crippen LogP) is 8.41. The number of para-hydroxylation sites is 2. The molecule has 0 aliphatic heterocycles. The minimum Gasteiger partial charge on any atom is -0.383 e. The summed E-state index contributed by atoms with van der Waals surface area (Å²) >= 11 is 12.4. The van der Waals surface area contributed by atoms with Crippen LogP contribution in [0.3, 0.4) is 0 Å². The van der Waals surface area contributed by atoms with Crippen LogP contribution in [0.15, 0.2) is 97.1 Å². The average molecular weight is 592 g/mol. The number of ketones is 1. The van der Waals surface area contributed by atoms with Crippen molar-refractivity contribution in [3.05, 3.63) is 129 Å². The van der Waals surface area contributed by atoms with Crippen LogP contribution in [0.1, 0.15) is 40.9 Å². The van der Waals surface area contributed by atoms with E-state index < -0.39 is 5.79 Å². The molecule has 0 amide bonds. The lowest BCUT2D eigenvalue weighted by Crippen LogP contribution is -2.44. The molecule has 5 nitrogen and oxygen atoms in total. The van der Waals surface area contributed by atoms with Gasteiger partial charge in [0, 0.05) is 45.6 Å². The Balaban J connectivity index is 1.60. The van der Waals surface area contributed by atoms with E-state index in [4.69, 9.17) is 32.7 Å². The highest BCUT2D eigenvalue weighted by atomic mass is 35.5. The summed E-state index contributed by atoms with van der Waals surface area (Å²) in [4.78, 5) is 14.2. The monoisotopic (exact) mass is 590 g/mol. The SMILES string of the molecule is CCc1ccccc1NCCOC(OCCNc1ccccc1CC)(C(=O)c1ccc(Cl)cc1)c1ccc(Cl)cc1. The summed E-state index contributed by atoms with van der Waals surface area (Å²) in [7, 11) is 0. The van der Waals surface area contributed by atoms with Crippen LogP contribution in [0.4, 0.5) is 11.4 Å². The number of benzene rings is 4. The summed E-state index contributed by atoms with van der Waals surface area (Å²) in [5.41, 5.74) is 5.49. The van der Waals surface area contributed by atoms with Gasteiger partial charge in [-0.05, 0) is 72.5 Å². The normalized spacial score (nSPS) is 11.3. The van der Waals surface area contributed by atoms with Gasteiger partial charge in [0.2, 0.25) is 5.78 Å². The highest BCUT2D eigenvalue weighted by molar-refractivity contribution is 6.31. The minimum absolute atomic E-state index is 0.214. The molecule has 0 bridgehead atoms. The zero-order valence-corrected chi connectivity index (χ0v) is 25.0. The Morgan fingerprint density at radius 3 is 1.56 bits per heavy atom. The van der Waals surface area contributed by atoms with Crippen LogP contribution < -0.4 is 10.6 Å². The molecule has 7 heteroatoms. The molecule has 0 fully saturated rings. The number of nitrogens with one attached hydrogen (secondary N) is 2. The van der Waals surface area contributed by atoms with Crippen LogP contribution in [-0.2, 0) is 28.1 Å². The molecule has 2 N–H and O–H groups in total. The number of anilines is 2. The van der Waals surface area contributed by atoms with Crippen LogP contribution in [0, 0.1) is 0 Å². The van der Waals surface area contributed by atoms with Crippen LogP contribution in [0.25, 0.3) is 0 Å². The Labute approximate surface area is 252 Å². The molecule has 0 atom stereocenters. The van der Waals surface area contributed by atoms with E-state index in [2.05, 4.69) is 36.6 Å². The fourth-order valence-corrected chi connectivity index (χ4v) is 4.95. The van der Waals surface area contributed by atoms with Crippen molar-refractivity contribution in [2.75, 3.05) is 36.9 Å². The van der Waals surface area contributed by atoms with E-state index in [-0.39, 0.29) is 19.0 Å². The minimum atomic E-state index is -1.70. The molecule has 0 spiro atoms. The van der Waals surface area contributed by atoms with E-state index in [0.29, 0.717) is 34.3 Å². The van der Waals surface area contributed by atoms with Crippen LogP contribution in [-0.4, -0.2) is 32.1 Å². The van der Waals surface area contributed by atoms with E-state index in [9.17, 15) is 4.79 Å². The summed E-state index contributed by atoms with van der Waals surface area (Å²) in [6.45, 7) is 5.62. The van der Waals surface area contributed by atoms with Crippen molar-refractivity contribution in [3.8, 4) is 0 Å². The van der Waals surface area contributed by atoms with Crippen molar-refractivity contribution in [1.82, 2.24) is 0 Å². The number of halogens is 2. The third-order valence-electron chi connectivity index (χ3n) is 6.87. The Kier molecular flexibility index (Phi) is 11.2. The summed E-state index contributed by atoms with van der Waals surface area (Å²) in [6, 6.07) is 30.1. The molecule has 0 unspecified atom stereocenters. The molecule has 0 heterocycles. The Morgan fingerprint density at radius 1 is 0.659 bits per heavy atom. The topological polar surface area (TPSA) is 59.6 Å². The van der Waals surface area contributed by atoms with Crippen molar-refractivity contribution in [2.45, 2.75) is 32.5 Å². The maximum atomic E-state index is 14.2. The van der Waals surface area contributed by atoms with E-state index in [1.54, 1.807) is 48.5 Å². The first-order valence-corrected chi connectivity index (χ1v) is 14.7. The first-order chi connectivity index (χ1) is 20.0. The molecule has 0 aliphatic carbocycles. The predicted molar refractivity (Wildman–Crippen MR) is 169 cm³/mol. The van der Waals surface area contributed by atoms with Gasteiger partial charge in [0.1, 0.15) is 0 Å². The Morgan fingerprint density at radius 2 is 1.10 bits per heavy atom. The maximum absolute atomic E-state index is 14.2. The third-order valence-corrected chi connectivity index (χ3v) is 7.38. The van der Waals surface area contributed by atoms with Gasteiger partial charge in [0.15, 0.2) is 0 Å². The van der Waals surface area contributed by atoms with Gasteiger partial charge in [-0.15, -0.1) is 0 Å². The lowest BCUT2D eigenvalue weighted by molar-refractivity contribution is -0.205. The lowest BCUT2D eigenvalue weighted by atomic mass is 9.95. The molecule has 0 aromatic heterocycles. The first-order valence-electron chi connectivity index (χ1n) is 13.9. The Hall–Kier alpha value is -3.35. The molecule has 0 saturated heterocycles. The van der Waals surface area contributed by atoms with Gasteiger partial charge in [-0.2, -0.15) is 0 Å². The molecule has 0 aliphatic rings. The van der Waals surface area contributed by atoms with Crippen LogP contribution in [0.5, 0.6) is 0 Å². The quantitative estimate of drug-likeness (QED) is 0.0826. The van der Waals surface area contributed by atoms with E-state index in [1.807, 2.05) is 36.4 Å². The van der Waals surface area contributed by atoms with Crippen molar-refractivity contribution in [2.24, 2.45) is 0 Å². The number of carbonyl (C=O) groups excluding carboxylic acids is 1. The molecular weight excluding hydrogens is 555 g/mol. The van der Waals surface area contributed by atoms with Gasteiger partial charge >= 0.3 is 0 Å². The zero-order chi connectivity index (χ0) is 29.1. The molecule has 4 aromatic rings. The number of aryl methyl sites for hydroxylation is 2. The molecule has 214 valence electrons. The third kappa shape index (κ3) is 7.90. The van der Waals surface area contributed by atoms with Crippen molar-refractivity contribution in [3.63, 3.8) is 0 Å². The van der Waals surface area contributed by atoms with Gasteiger partial charge in [0.05, 0.1) is 13.2 Å². The zero-order valence-electron chi connectivity index (χ0n) is 23.5. The number of hydrogen-bond acceptors (Lipinski definition) is 5. The molecule has 4 aromatic carbocycles. The molecule has 41 heavy (non-hydrogen) atoms. The molecule has 0 radical (unpaired) electrons. The number of Topliss-reactive ketones (excluding diaryl/α,β-unsaturated/α-hetero) is 1. The summed E-state index contributed by atoms with van der Waals surface area (Å²) in [5.74, 6) is -2.02. The molecular formula is C34H36Cl2N2O3. The fraction of sp³-hybridized carbons (Fsp3) is 0.265. The van der Waals surface area contributed by atoms with Crippen molar-refractivity contribution in [1.29, 1.82) is 0 Å². The summed E-state index contributed by atoms with van der Waals surface area (Å²) < 4.78 is 12.9. The van der Waals surface area contributed by atoms with Crippen molar-refractivity contribution >= 4 is 40.4 Å². The summed E-state index contributed by atoms with van der Waals surface area (Å²) in [5, 5.41) is 7.98. The summed E-state index contributed by atoms with van der Waals surface area (Å²) in [6.07, 6.45) is 1.82. The van der Waals surface area contributed by atoms with E-state index in [0.717, 1.165) is 24.2 Å². The van der Waals surface area contributed by atoms with Crippen molar-refractivity contribution < 1.29 is 14.3 Å². The molecule has 4 rings (SSSR count). The lowest BCUT2D eigenvalue weighted by Gasteiger charge is -2.33. The van der Waals surface area contributed by atoms with E-state index in [1.165, 1.54) is 11.1 Å². The van der Waals surface area contributed by atoms with Gasteiger partial charge in [-0.25, -0.2) is 0 Å². The second-order valence-corrected chi connectivity index (χ2v) is 10.4. The van der Waals surface area contributed by atoms with Gasteiger partial charge in [0.25, 0.3) is 5.79 Å². The highest BCUT2D eigenvalue weighted by Gasteiger charge is 2.43. The largest absolute Gasteiger partial charge is 0.383 e. The van der Waals surface area contributed by atoms with Gasteiger partial charge < -0.3 is 20.1 Å². The number of carbonyl (C=O) groups is 1. The van der Waals surface area contributed by atoms with Crippen LogP contribution >= 0.6 is 23.2 Å². The Bertz CT molecular complexity index is 1350. The fourth-order valence-electron chi connectivity index (χ4n) is 4.69. The number of rotatable bonds is 15. The van der Waals surface area contributed by atoms with Gasteiger partial charge in [-0.3, -0.25) is 4.79 Å². The van der Waals surface area contributed by atoms with E-state index >= 15 is 0 Å². The average Bonchev–Trinajstić information content (AvgIpc) is 3.01. The second-order valence-electron chi connectivity index (χ2n) is 9.53. The first kappa shape index (κ1) is 30.6. The number of hydrogen-bond donors (Lipinski definition) is 2. The highest BCUT2D eigenvalue weighted by Crippen LogP contribution is 2.33. The number of ether oxygens (including phenoxy) is 2. The van der Waals surface area contributed by atoms with Crippen LogP contribution in [0.2, 0.25) is 10.0 Å².